The lowest BCUT2D eigenvalue weighted by Gasteiger charge is -2.56. The number of carbonyl (C=O) groups is 1. The molecule has 12 atom stereocenters. The highest BCUT2D eigenvalue weighted by Gasteiger charge is 2.63. The lowest BCUT2D eigenvalue weighted by Crippen LogP contribution is -2.55. The molecular weight excluding hydrogens is 432 g/mol. The van der Waals surface area contributed by atoms with E-state index < -0.39 is 24.4 Å². The summed E-state index contributed by atoms with van der Waals surface area (Å²) in [6, 6.07) is 0. The molecule has 0 aromatic carbocycles. The summed E-state index contributed by atoms with van der Waals surface area (Å²) in [6.45, 7) is 14.9. The highest BCUT2D eigenvalue weighted by atomic mass is 16.5. The minimum atomic E-state index is -0.928. The molecule has 34 heavy (non-hydrogen) atoms. The second kappa shape index (κ2) is 9.17. The standard InChI is InChI=1S/C28H46O6/c1-14(2)15(3)24(31)25(32)16(4)18-7-8-19-17-13-34-26(33)21-11-22(29)23(30)12-28(21,6)20(17)9-10-27(18,19)5/h14,16-25,29-32H,3,7-13H2,1-2,4-6H3/t16-,17?,18+,19?,20?,21?,22-,23+,24+,25+,27+,28+/m0/s1. The van der Waals surface area contributed by atoms with Gasteiger partial charge in [0.15, 0.2) is 0 Å². The van der Waals surface area contributed by atoms with Crippen LogP contribution in [0.4, 0.5) is 0 Å². The second-order valence-electron chi connectivity index (χ2n) is 12.9. The zero-order valence-electron chi connectivity index (χ0n) is 21.6. The zero-order chi connectivity index (χ0) is 25.2. The van der Waals surface area contributed by atoms with Crippen LogP contribution in [0.3, 0.4) is 0 Å². The van der Waals surface area contributed by atoms with Crippen molar-refractivity contribution in [3.05, 3.63) is 12.2 Å². The van der Waals surface area contributed by atoms with Crippen molar-refractivity contribution in [1.82, 2.24) is 0 Å². The fourth-order valence-electron chi connectivity index (χ4n) is 8.78. The number of fused-ring (bicyclic) bond motifs is 5. The minimum absolute atomic E-state index is 0.00412. The number of carbonyl (C=O) groups excluding carboxylic acids is 1. The minimum Gasteiger partial charge on any atom is -0.465 e. The van der Waals surface area contributed by atoms with E-state index in [0.29, 0.717) is 24.5 Å². The average molecular weight is 479 g/mol. The van der Waals surface area contributed by atoms with Gasteiger partial charge in [0.05, 0.1) is 30.8 Å². The molecule has 0 aromatic heterocycles. The number of aliphatic hydroxyl groups is 4. The highest BCUT2D eigenvalue weighted by Crippen LogP contribution is 2.66. The summed E-state index contributed by atoms with van der Waals surface area (Å²) in [4.78, 5) is 13.0. The molecule has 6 nitrogen and oxygen atoms in total. The number of ether oxygens (including phenoxy) is 1. The maximum absolute atomic E-state index is 13.0. The van der Waals surface area contributed by atoms with Gasteiger partial charge < -0.3 is 25.2 Å². The smallest absolute Gasteiger partial charge is 0.309 e. The number of aliphatic hydroxyl groups excluding tert-OH is 4. The summed E-state index contributed by atoms with van der Waals surface area (Å²) >= 11 is 0. The number of cyclic esters (lactones) is 1. The monoisotopic (exact) mass is 478 g/mol. The van der Waals surface area contributed by atoms with Crippen molar-refractivity contribution in [2.24, 2.45) is 52.3 Å². The normalized spacial score (nSPS) is 47.0. The first-order chi connectivity index (χ1) is 15.8. The molecule has 0 radical (unpaired) electrons. The first kappa shape index (κ1) is 26.1. The molecule has 1 aliphatic heterocycles. The fourth-order valence-corrected chi connectivity index (χ4v) is 8.78. The quantitative estimate of drug-likeness (QED) is 0.357. The fraction of sp³-hybridized carbons (Fsp3) is 0.893. The van der Waals surface area contributed by atoms with Crippen molar-refractivity contribution in [3.63, 3.8) is 0 Å². The van der Waals surface area contributed by atoms with Crippen LogP contribution < -0.4 is 0 Å². The van der Waals surface area contributed by atoms with Crippen LogP contribution in [0.2, 0.25) is 0 Å². The number of hydrogen-bond donors (Lipinski definition) is 4. The Labute approximate surface area is 204 Å². The Hall–Kier alpha value is -0.950. The van der Waals surface area contributed by atoms with E-state index in [1.165, 1.54) is 0 Å². The maximum Gasteiger partial charge on any atom is 0.309 e. The molecule has 4 rings (SSSR count). The molecule has 3 saturated carbocycles. The van der Waals surface area contributed by atoms with Gasteiger partial charge >= 0.3 is 5.97 Å². The summed E-state index contributed by atoms with van der Waals surface area (Å²) in [7, 11) is 0. The van der Waals surface area contributed by atoms with E-state index in [2.05, 4.69) is 27.4 Å². The molecule has 1 heterocycles. The summed E-state index contributed by atoms with van der Waals surface area (Å²) < 4.78 is 5.85. The lowest BCUT2D eigenvalue weighted by molar-refractivity contribution is -0.162. The third-order valence-corrected chi connectivity index (χ3v) is 11.0. The Morgan fingerprint density at radius 2 is 1.68 bits per heavy atom. The first-order valence-corrected chi connectivity index (χ1v) is 13.4. The average Bonchev–Trinajstić information content (AvgIpc) is 3.09. The van der Waals surface area contributed by atoms with E-state index >= 15 is 0 Å². The molecule has 0 spiro atoms. The van der Waals surface area contributed by atoms with Crippen LogP contribution in [-0.4, -0.2) is 57.4 Å². The van der Waals surface area contributed by atoms with Crippen LogP contribution in [0, 0.1) is 52.3 Å². The van der Waals surface area contributed by atoms with Crippen molar-refractivity contribution in [2.45, 2.75) is 97.6 Å². The van der Waals surface area contributed by atoms with Crippen molar-refractivity contribution in [1.29, 1.82) is 0 Å². The summed E-state index contributed by atoms with van der Waals surface area (Å²) in [6.07, 6.45) is 1.19. The topological polar surface area (TPSA) is 107 Å². The molecular formula is C28H46O6. The van der Waals surface area contributed by atoms with Crippen LogP contribution in [0.25, 0.3) is 0 Å². The Morgan fingerprint density at radius 1 is 1.03 bits per heavy atom. The van der Waals surface area contributed by atoms with Crippen LogP contribution in [0.15, 0.2) is 12.2 Å². The maximum atomic E-state index is 13.0. The Balaban J connectivity index is 1.58. The largest absolute Gasteiger partial charge is 0.465 e. The summed E-state index contributed by atoms with van der Waals surface area (Å²) in [5.41, 5.74) is 0.290. The molecule has 4 unspecified atom stereocenters. The molecule has 3 aliphatic carbocycles. The van der Waals surface area contributed by atoms with Crippen molar-refractivity contribution in [3.8, 4) is 0 Å². The molecule has 194 valence electrons. The van der Waals surface area contributed by atoms with Crippen molar-refractivity contribution < 1.29 is 30.0 Å². The predicted octanol–water partition coefficient (Wildman–Crippen LogP) is 3.31. The van der Waals surface area contributed by atoms with Gasteiger partial charge in [-0.2, -0.15) is 0 Å². The number of esters is 1. The molecule has 0 aromatic rings. The Bertz CT molecular complexity index is 796. The number of rotatable bonds is 5. The van der Waals surface area contributed by atoms with Gasteiger partial charge in [-0.15, -0.1) is 0 Å². The summed E-state index contributed by atoms with van der Waals surface area (Å²) in [5.74, 6) is 0.546. The molecule has 1 saturated heterocycles. The number of hydrogen-bond acceptors (Lipinski definition) is 6. The van der Waals surface area contributed by atoms with Crippen LogP contribution in [0.1, 0.15) is 73.1 Å². The third-order valence-electron chi connectivity index (χ3n) is 11.0. The predicted molar refractivity (Wildman–Crippen MR) is 129 cm³/mol. The van der Waals surface area contributed by atoms with Gasteiger partial charge in [-0.3, -0.25) is 4.79 Å². The highest BCUT2D eigenvalue weighted by molar-refractivity contribution is 5.74. The van der Waals surface area contributed by atoms with Gasteiger partial charge in [0.25, 0.3) is 0 Å². The van der Waals surface area contributed by atoms with E-state index in [-0.39, 0.29) is 58.7 Å². The van der Waals surface area contributed by atoms with Crippen LogP contribution in [0.5, 0.6) is 0 Å². The first-order valence-electron chi connectivity index (χ1n) is 13.4. The van der Waals surface area contributed by atoms with Gasteiger partial charge in [0.1, 0.15) is 6.10 Å². The Kier molecular flexibility index (Phi) is 7.05. The van der Waals surface area contributed by atoms with Gasteiger partial charge in [0, 0.05) is 0 Å². The van der Waals surface area contributed by atoms with Gasteiger partial charge in [0.2, 0.25) is 0 Å². The van der Waals surface area contributed by atoms with E-state index in [9.17, 15) is 25.2 Å². The summed E-state index contributed by atoms with van der Waals surface area (Å²) in [5, 5.41) is 42.7. The molecule has 4 fully saturated rings. The lowest BCUT2D eigenvalue weighted by atomic mass is 9.48. The second-order valence-corrected chi connectivity index (χ2v) is 12.9. The van der Waals surface area contributed by atoms with E-state index in [1.807, 2.05) is 13.8 Å². The van der Waals surface area contributed by atoms with Crippen LogP contribution in [-0.2, 0) is 9.53 Å². The van der Waals surface area contributed by atoms with Crippen LogP contribution >= 0.6 is 0 Å². The van der Waals surface area contributed by atoms with Crippen molar-refractivity contribution >= 4 is 5.97 Å². The van der Waals surface area contributed by atoms with Crippen molar-refractivity contribution in [2.75, 3.05) is 6.61 Å². The van der Waals surface area contributed by atoms with Gasteiger partial charge in [-0.1, -0.05) is 41.2 Å². The van der Waals surface area contributed by atoms with Gasteiger partial charge in [-0.25, -0.2) is 0 Å². The van der Waals surface area contributed by atoms with E-state index in [4.69, 9.17) is 4.74 Å². The molecule has 4 aliphatic rings. The molecule has 6 heteroatoms. The molecule has 0 amide bonds. The third kappa shape index (κ3) is 3.97. The van der Waals surface area contributed by atoms with E-state index in [0.717, 1.165) is 25.7 Å². The molecule has 4 N–H and O–H groups in total. The SMILES string of the molecule is C=C(C(C)C)[C@@H](O)[C@H](O)[C@@H](C)[C@H]1CCC2C3COC(=O)C4C[C@H](O)[C@H](O)C[C@]4(C)C3CC[C@@]21C. The van der Waals surface area contributed by atoms with E-state index in [1.54, 1.807) is 0 Å². The Morgan fingerprint density at radius 3 is 2.32 bits per heavy atom. The molecule has 0 bridgehead atoms. The zero-order valence-corrected chi connectivity index (χ0v) is 21.6. The van der Waals surface area contributed by atoms with Gasteiger partial charge in [-0.05, 0) is 90.4 Å².